The molecule has 2 heterocycles. The molecule has 15 heavy (non-hydrogen) atoms. The topological polar surface area (TPSA) is 86.2 Å². The van der Waals surface area contributed by atoms with Crippen molar-refractivity contribution in [1.29, 1.82) is 0 Å². The van der Waals surface area contributed by atoms with E-state index < -0.39 is 4.92 Å². The predicted molar refractivity (Wildman–Crippen MR) is 51.9 cm³/mol. The second-order valence-corrected chi connectivity index (χ2v) is 3.69. The molecule has 0 aromatic carbocycles. The molecule has 0 spiro atoms. The lowest BCUT2D eigenvalue weighted by Gasteiger charge is -1.83. The molecule has 0 saturated heterocycles. The number of aromatic nitrogens is 1. The van der Waals surface area contributed by atoms with Crippen LogP contribution >= 0.6 is 11.3 Å². The molecule has 0 bridgehead atoms. The van der Waals surface area contributed by atoms with Gasteiger partial charge in [0.05, 0.1) is 9.80 Å². The van der Waals surface area contributed by atoms with Gasteiger partial charge in [0, 0.05) is 12.1 Å². The van der Waals surface area contributed by atoms with Crippen molar-refractivity contribution in [3.05, 3.63) is 34.0 Å². The van der Waals surface area contributed by atoms with Gasteiger partial charge in [0.1, 0.15) is 5.69 Å². The van der Waals surface area contributed by atoms with E-state index in [1.54, 1.807) is 6.07 Å². The fourth-order valence-corrected chi connectivity index (χ4v) is 1.79. The lowest BCUT2D eigenvalue weighted by molar-refractivity contribution is -0.380. The van der Waals surface area contributed by atoms with E-state index in [0.717, 1.165) is 11.3 Å². The zero-order valence-electron chi connectivity index (χ0n) is 7.25. The summed E-state index contributed by atoms with van der Waals surface area (Å²) in [5.41, 5.74) is 0.168. The average Bonchev–Trinajstić information content (AvgIpc) is 2.86. The SMILES string of the molecule is O=Cc1cc(-c2ccc([N+](=O)[O-])s2)on1. The first-order chi connectivity index (χ1) is 7.20. The van der Waals surface area contributed by atoms with Crippen LogP contribution in [-0.2, 0) is 0 Å². The fourth-order valence-electron chi connectivity index (χ4n) is 1.02. The largest absolute Gasteiger partial charge is 0.355 e. The van der Waals surface area contributed by atoms with Gasteiger partial charge < -0.3 is 4.52 Å². The normalized spacial score (nSPS) is 10.1. The highest BCUT2D eigenvalue weighted by Gasteiger charge is 2.14. The Kier molecular flexibility index (Phi) is 2.30. The van der Waals surface area contributed by atoms with E-state index in [0.29, 0.717) is 16.9 Å². The molecule has 0 aliphatic carbocycles. The Hall–Kier alpha value is -2.02. The minimum Gasteiger partial charge on any atom is -0.355 e. The van der Waals surface area contributed by atoms with Crippen molar-refractivity contribution >= 4 is 22.6 Å². The number of hydrogen-bond donors (Lipinski definition) is 0. The van der Waals surface area contributed by atoms with Gasteiger partial charge in [-0.3, -0.25) is 14.9 Å². The Morgan fingerprint density at radius 2 is 2.33 bits per heavy atom. The van der Waals surface area contributed by atoms with Crippen LogP contribution in [0.2, 0.25) is 0 Å². The number of hydrogen-bond acceptors (Lipinski definition) is 6. The van der Waals surface area contributed by atoms with Gasteiger partial charge >= 0.3 is 5.00 Å². The Morgan fingerprint density at radius 3 is 2.87 bits per heavy atom. The minimum absolute atomic E-state index is 0.0223. The van der Waals surface area contributed by atoms with Gasteiger partial charge in [-0.1, -0.05) is 16.5 Å². The Bertz CT molecular complexity index is 516. The van der Waals surface area contributed by atoms with Crippen molar-refractivity contribution in [3.8, 4) is 10.6 Å². The Balaban J connectivity index is 2.36. The van der Waals surface area contributed by atoms with Crippen molar-refractivity contribution in [3.63, 3.8) is 0 Å². The van der Waals surface area contributed by atoms with Crippen LogP contribution in [0.15, 0.2) is 22.7 Å². The molecule has 2 rings (SSSR count). The highest BCUT2D eigenvalue weighted by Crippen LogP contribution is 2.32. The molecule has 2 aromatic heterocycles. The molecule has 0 amide bonds. The third-order valence-electron chi connectivity index (χ3n) is 1.66. The van der Waals surface area contributed by atoms with Gasteiger partial charge in [0.15, 0.2) is 12.0 Å². The van der Waals surface area contributed by atoms with Gasteiger partial charge in [0.25, 0.3) is 0 Å². The maximum Gasteiger partial charge on any atom is 0.324 e. The van der Waals surface area contributed by atoms with Gasteiger partial charge in [-0.15, -0.1) is 0 Å². The fraction of sp³-hybridized carbons (Fsp3) is 0. The summed E-state index contributed by atoms with van der Waals surface area (Å²) < 4.78 is 4.84. The van der Waals surface area contributed by atoms with Gasteiger partial charge in [0.2, 0.25) is 0 Å². The molecular weight excluding hydrogens is 220 g/mol. The molecule has 0 N–H and O–H groups in total. The second-order valence-electron chi connectivity index (χ2n) is 2.63. The van der Waals surface area contributed by atoms with E-state index in [2.05, 4.69) is 5.16 Å². The third-order valence-corrected chi connectivity index (χ3v) is 2.72. The first-order valence-electron chi connectivity index (χ1n) is 3.87. The first kappa shape index (κ1) is 9.53. The molecule has 0 aliphatic rings. The van der Waals surface area contributed by atoms with E-state index in [4.69, 9.17) is 4.52 Å². The summed E-state index contributed by atoms with van der Waals surface area (Å²) in [6, 6.07) is 4.36. The van der Waals surface area contributed by atoms with E-state index in [-0.39, 0.29) is 10.7 Å². The van der Waals surface area contributed by atoms with Crippen LogP contribution in [-0.4, -0.2) is 16.4 Å². The lowest BCUT2D eigenvalue weighted by Crippen LogP contribution is -1.80. The van der Waals surface area contributed by atoms with E-state index >= 15 is 0 Å². The van der Waals surface area contributed by atoms with E-state index in [9.17, 15) is 14.9 Å². The minimum atomic E-state index is -0.481. The average molecular weight is 224 g/mol. The van der Waals surface area contributed by atoms with Crippen molar-refractivity contribution in [1.82, 2.24) is 5.16 Å². The monoisotopic (exact) mass is 224 g/mol. The first-order valence-corrected chi connectivity index (χ1v) is 4.69. The molecule has 0 aliphatic heterocycles. The molecule has 7 heteroatoms. The molecule has 0 unspecified atom stereocenters. The summed E-state index contributed by atoms with van der Waals surface area (Å²) in [4.78, 5) is 20.8. The predicted octanol–water partition coefficient (Wildman–Crippen LogP) is 2.12. The highest BCUT2D eigenvalue weighted by atomic mass is 32.1. The number of carbonyl (C=O) groups excluding carboxylic acids is 1. The number of rotatable bonds is 3. The van der Waals surface area contributed by atoms with Gasteiger partial charge in [-0.2, -0.15) is 0 Å². The molecule has 0 radical (unpaired) electrons. The smallest absolute Gasteiger partial charge is 0.324 e. The Morgan fingerprint density at radius 1 is 1.53 bits per heavy atom. The quantitative estimate of drug-likeness (QED) is 0.452. The summed E-state index contributed by atoms with van der Waals surface area (Å²) >= 11 is 0.969. The van der Waals surface area contributed by atoms with E-state index in [1.807, 2.05) is 0 Å². The van der Waals surface area contributed by atoms with Crippen LogP contribution in [0.5, 0.6) is 0 Å². The zero-order valence-corrected chi connectivity index (χ0v) is 8.06. The molecule has 6 nitrogen and oxygen atoms in total. The van der Waals surface area contributed by atoms with Gasteiger partial charge in [-0.25, -0.2) is 0 Å². The summed E-state index contributed by atoms with van der Waals surface area (Å²) in [6.07, 6.45) is 0.551. The Labute approximate surface area is 87.3 Å². The van der Waals surface area contributed by atoms with Crippen LogP contribution < -0.4 is 0 Å². The van der Waals surface area contributed by atoms with Crippen LogP contribution in [0.3, 0.4) is 0 Å². The molecule has 0 fully saturated rings. The maximum absolute atomic E-state index is 10.4. The van der Waals surface area contributed by atoms with Crippen molar-refractivity contribution in [2.45, 2.75) is 0 Å². The number of thiophene rings is 1. The highest BCUT2D eigenvalue weighted by molar-refractivity contribution is 7.18. The third kappa shape index (κ3) is 1.77. The molecular formula is C8H4N2O4S. The molecule has 2 aromatic rings. The molecule has 76 valence electrons. The van der Waals surface area contributed by atoms with Crippen LogP contribution in [0.4, 0.5) is 5.00 Å². The van der Waals surface area contributed by atoms with Crippen molar-refractivity contribution in [2.24, 2.45) is 0 Å². The van der Waals surface area contributed by atoms with Crippen LogP contribution in [0.1, 0.15) is 10.5 Å². The number of carbonyl (C=O) groups is 1. The number of nitrogens with zero attached hydrogens (tertiary/aromatic N) is 2. The van der Waals surface area contributed by atoms with Crippen LogP contribution in [0.25, 0.3) is 10.6 Å². The van der Waals surface area contributed by atoms with Gasteiger partial charge in [-0.05, 0) is 6.07 Å². The van der Waals surface area contributed by atoms with E-state index in [1.165, 1.54) is 12.1 Å². The van der Waals surface area contributed by atoms with Crippen molar-refractivity contribution < 1.29 is 14.2 Å². The van der Waals surface area contributed by atoms with Crippen molar-refractivity contribution in [2.75, 3.05) is 0 Å². The van der Waals surface area contributed by atoms with Crippen LogP contribution in [0, 0.1) is 10.1 Å². The number of aldehydes is 1. The summed E-state index contributed by atoms with van der Waals surface area (Å²) in [5.74, 6) is 0.357. The molecule has 0 atom stereocenters. The standard InChI is InChI=1S/C8H4N2O4S/c11-4-5-3-6(14-9-5)7-1-2-8(15-7)10(12)13/h1-4H. The summed E-state index contributed by atoms with van der Waals surface area (Å²) in [5, 5.41) is 13.9. The number of nitro groups is 1. The maximum atomic E-state index is 10.4. The lowest BCUT2D eigenvalue weighted by atomic mass is 10.3. The molecule has 0 saturated carbocycles. The second kappa shape index (κ2) is 3.62. The summed E-state index contributed by atoms with van der Waals surface area (Å²) in [7, 11) is 0. The summed E-state index contributed by atoms with van der Waals surface area (Å²) in [6.45, 7) is 0. The zero-order chi connectivity index (χ0) is 10.8.